The van der Waals surface area contributed by atoms with Crippen molar-refractivity contribution in [3.05, 3.63) is 70.5 Å². The topological polar surface area (TPSA) is 105 Å². The number of aromatic hydroxyl groups is 2. The van der Waals surface area contributed by atoms with Gasteiger partial charge < -0.3 is 25.0 Å². The van der Waals surface area contributed by atoms with Crippen LogP contribution in [0.1, 0.15) is 27.0 Å². The Bertz CT molecular complexity index is 1380. The number of thiol groups is 1. The van der Waals surface area contributed by atoms with Gasteiger partial charge in [-0.15, -0.1) is 0 Å². The van der Waals surface area contributed by atoms with Crippen molar-refractivity contribution in [3.8, 4) is 23.0 Å². The van der Waals surface area contributed by atoms with E-state index in [0.29, 0.717) is 31.3 Å². The lowest BCUT2D eigenvalue weighted by Crippen LogP contribution is -2.33. The van der Waals surface area contributed by atoms with E-state index in [1.807, 2.05) is 0 Å². The van der Waals surface area contributed by atoms with Gasteiger partial charge in [0.2, 0.25) is 5.91 Å². The number of fused-ring (bicyclic) bond motifs is 6. The first-order chi connectivity index (χ1) is 16.1. The highest BCUT2D eigenvalue weighted by molar-refractivity contribution is 9.11. The Morgan fingerprint density at radius 1 is 0.941 bits per heavy atom. The minimum atomic E-state index is -1.47. The van der Waals surface area contributed by atoms with Crippen LogP contribution in [0.2, 0.25) is 0 Å². The van der Waals surface area contributed by atoms with Crippen molar-refractivity contribution >= 4 is 93.9 Å². The van der Waals surface area contributed by atoms with Crippen molar-refractivity contribution in [2.75, 3.05) is 11.1 Å². The fourth-order valence-corrected chi connectivity index (χ4v) is 6.58. The Morgan fingerprint density at radius 3 is 2.03 bits per heavy atom. The number of nitrogens with one attached hydrogen (secondary N) is 1. The number of phenols is 2. The maximum atomic E-state index is 13.2. The molecule has 0 aromatic heterocycles. The Labute approximate surface area is 231 Å². The number of ether oxygens (including phenoxy) is 2. The highest BCUT2D eigenvalue weighted by Crippen LogP contribution is 2.62. The van der Waals surface area contributed by atoms with Crippen LogP contribution in [0, 0.1) is 0 Å². The SMILES string of the molecule is O=C(CS)Nc1ccc2c(c1)C(=O)OC21c2cc(Br)c(O)c(Br)c2Oc2c1cc(Br)c(O)c2Br. The van der Waals surface area contributed by atoms with E-state index >= 15 is 0 Å². The largest absolute Gasteiger partial charge is 0.505 e. The summed E-state index contributed by atoms with van der Waals surface area (Å²) in [5, 5.41) is 23.7. The van der Waals surface area contributed by atoms with Gasteiger partial charge in [0.15, 0.2) is 17.1 Å². The van der Waals surface area contributed by atoms with Crippen molar-refractivity contribution in [2.45, 2.75) is 5.60 Å². The highest BCUT2D eigenvalue weighted by atomic mass is 79.9. The zero-order chi connectivity index (χ0) is 24.5. The number of esters is 1. The van der Waals surface area contributed by atoms with Crippen LogP contribution in [0.25, 0.3) is 0 Å². The molecule has 1 spiro atoms. The summed E-state index contributed by atoms with van der Waals surface area (Å²) < 4.78 is 13.4. The van der Waals surface area contributed by atoms with E-state index in [1.54, 1.807) is 24.3 Å². The number of anilines is 1. The maximum absolute atomic E-state index is 13.2. The van der Waals surface area contributed by atoms with Gasteiger partial charge in [0.1, 0.15) is 20.4 Å². The number of carbonyl (C=O) groups excluding carboxylic acids is 2. The summed E-state index contributed by atoms with van der Waals surface area (Å²) in [7, 11) is 0. The summed E-state index contributed by atoms with van der Waals surface area (Å²) >= 11 is 17.4. The average molecular weight is 737 g/mol. The van der Waals surface area contributed by atoms with Crippen molar-refractivity contribution in [3.63, 3.8) is 0 Å². The summed E-state index contributed by atoms with van der Waals surface area (Å²) in [6.07, 6.45) is 0. The molecule has 2 aliphatic heterocycles. The first kappa shape index (κ1) is 24.0. The molecule has 174 valence electrons. The maximum Gasteiger partial charge on any atom is 0.340 e. The normalized spacial score (nSPS) is 14.7. The molecule has 3 N–H and O–H groups in total. The molecule has 0 atom stereocenters. The molecule has 12 heteroatoms. The second-order valence-electron chi connectivity index (χ2n) is 7.43. The zero-order valence-electron chi connectivity index (χ0n) is 16.6. The number of amides is 1. The molecular weight excluding hydrogens is 726 g/mol. The molecule has 5 rings (SSSR count). The van der Waals surface area contributed by atoms with Crippen LogP contribution in [0.3, 0.4) is 0 Å². The summed E-state index contributed by atoms with van der Waals surface area (Å²) in [4.78, 5) is 25.0. The average Bonchev–Trinajstić information content (AvgIpc) is 3.10. The molecule has 3 aromatic carbocycles. The summed E-state index contributed by atoms with van der Waals surface area (Å²) in [5.41, 5.74) is 0.581. The first-order valence-electron chi connectivity index (χ1n) is 9.49. The summed E-state index contributed by atoms with van der Waals surface area (Å²) in [5.74, 6) is -0.740. The standard InChI is InChI=1S/C22H11Br4NO6S/c23-12-4-10-19(15(25)17(12)29)32-20-11(5-13(24)18(30)16(20)26)22(10)9-2-1-7(27-14(28)6-34)3-8(9)21(31)33-22/h1-5,29-30,34H,6H2,(H,27,28). The molecular formula is C22H11Br4NO6S. The fourth-order valence-electron chi connectivity index (χ4n) is 4.10. The van der Waals surface area contributed by atoms with E-state index < -0.39 is 11.6 Å². The molecule has 3 aromatic rings. The molecule has 2 aliphatic rings. The van der Waals surface area contributed by atoms with Crippen molar-refractivity contribution < 1.29 is 29.3 Å². The third-order valence-electron chi connectivity index (χ3n) is 5.55. The molecule has 7 nitrogen and oxygen atoms in total. The highest BCUT2D eigenvalue weighted by Gasteiger charge is 2.55. The van der Waals surface area contributed by atoms with Crippen LogP contribution in [0.5, 0.6) is 23.0 Å². The predicted molar refractivity (Wildman–Crippen MR) is 141 cm³/mol. The van der Waals surface area contributed by atoms with Gasteiger partial charge in [-0.25, -0.2) is 4.79 Å². The lowest BCUT2D eigenvalue weighted by molar-refractivity contribution is -0.113. The smallest absolute Gasteiger partial charge is 0.340 e. The minimum absolute atomic E-state index is 0.0132. The quantitative estimate of drug-likeness (QED) is 0.175. The molecule has 0 aliphatic carbocycles. The van der Waals surface area contributed by atoms with E-state index in [0.717, 1.165) is 0 Å². The van der Waals surface area contributed by atoms with Gasteiger partial charge in [-0.1, -0.05) is 6.07 Å². The third kappa shape index (κ3) is 3.33. The second-order valence-corrected chi connectivity index (χ2v) is 11.0. The third-order valence-corrected chi connectivity index (χ3v) is 8.52. The number of carbonyl (C=O) groups is 2. The van der Waals surface area contributed by atoms with E-state index in [9.17, 15) is 19.8 Å². The number of benzene rings is 3. The number of phenolic OH excluding ortho intramolecular Hbond substituents is 2. The number of halogens is 4. The van der Waals surface area contributed by atoms with Gasteiger partial charge in [-0.2, -0.15) is 12.6 Å². The Morgan fingerprint density at radius 2 is 1.50 bits per heavy atom. The predicted octanol–water partition coefficient (Wildman–Crippen LogP) is 6.58. The van der Waals surface area contributed by atoms with Gasteiger partial charge >= 0.3 is 5.97 Å². The number of hydrogen-bond acceptors (Lipinski definition) is 7. The monoisotopic (exact) mass is 733 g/mol. The molecule has 1 amide bonds. The fraction of sp³-hybridized carbons (Fsp3) is 0.0909. The van der Waals surface area contributed by atoms with Gasteiger partial charge in [-0.3, -0.25) is 4.79 Å². The lowest BCUT2D eigenvalue weighted by atomic mass is 9.77. The van der Waals surface area contributed by atoms with Crippen LogP contribution in [0.15, 0.2) is 48.2 Å². The van der Waals surface area contributed by atoms with Crippen LogP contribution < -0.4 is 10.1 Å². The number of hydrogen-bond donors (Lipinski definition) is 4. The summed E-state index contributed by atoms with van der Waals surface area (Å²) in [6, 6.07) is 8.12. The lowest BCUT2D eigenvalue weighted by Gasteiger charge is -2.37. The minimum Gasteiger partial charge on any atom is -0.505 e. The van der Waals surface area contributed by atoms with Crippen LogP contribution in [0.4, 0.5) is 5.69 Å². The van der Waals surface area contributed by atoms with Gasteiger partial charge in [0, 0.05) is 11.3 Å². The molecule has 0 radical (unpaired) electrons. The number of rotatable bonds is 2. The van der Waals surface area contributed by atoms with Gasteiger partial charge in [-0.05, 0) is 88.0 Å². The summed E-state index contributed by atoms with van der Waals surface area (Å²) in [6.45, 7) is 0. The zero-order valence-corrected chi connectivity index (χ0v) is 23.8. The van der Waals surface area contributed by atoms with E-state index in [2.05, 4.69) is 81.7 Å². The molecule has 0 saturated heterocycles. The molecule has 0 bridgehead atoms. The van der Waals surface area contributed by atoms with Crippen molar-refractivity contribution in [2.24, 2.45) is 0 Å². The molecule has 0 saturated carbocycles. The van der Waals surface area contributed by atoms with E-state index in [1.165, 1.54) is 6.07 Å². The molecule has 2 heterocycles. The molecule has 0 unspecified atom stereocenters. The molecule has 0 fully saturated rings. The Kier molecular flexibility index (Phi) is 5.95. The van der Waals surface area contributed by atoms with Crippen LogP contribution >= 0.6 is 76.3 Å². The van der Waals surface area contributed by atoms with E-state index in [4.69, 9.17) is 9.47 Å². The van der Waals surface area contributed by atoms with Crippen molar-refractivity contribution in [1.82, 2.24) is 0 Å². The van der Waals surface area contributed by atoms with Crippen LogP contribution in [-0.2, 0) is 15.1 Å². The van der Waals surface area contributed by atoms with Gasteiger partial charge in [0.25, 0.3) is 0 Å². The van der Waals surface area contributed by atoms with Crippen molar-refractivity contribution in [1.29, 1.82) is 0 Å². The Balaban J connectivity index is 1.86. The van der Waals surface area contributed by atoms with Crippen LogP contribution in [-0.4, -0.2) is 27.8 Å². The first-order valence-corrected chi connectivity index (χ1v) is 13.3. The van der Waals surface area contributed by atoms with E-state index in [-0.39, 0.29) is 49.2 Å². The molecule has 34 heavy (non-hydrogen) atoms. The Hall–Kier alpha value is -1.73. The second kappa shape index (κ2) is 8.44. The van der Waals surface area contributed by atoms with Gasteiger partial charge in [0.05, 0.1) is 31.4 Å².